The third kappa shape index (κ3) is 4.31. The van der Waals surface area contributed by atoms with Crippen LogP contribution in [0.2, 0.25) is 10.0 Å². The van der Waals surface area contributed by atoms with Crippen LogP contribution in [0.5, 0.6) is 0 Å². The average Bonchev–Trinajstić information content (AvgIpc) is 2.49. The molecule has 0 radical (unpaired) electrons. The van der Waals surface area contributed by atoms with Gasteiger partial charge in [-0.2, -0.15) is 0 Å². The lowest BCUT2D eigenvalue weighted by Crippen LogP contribution is -2.56. The Morgan fingerprint density at radius 1 is 1.43 bits per heavy atom. The summed E-state index contributed by atoms with van der Waals surface area (Å²) in [7, 11) is 0. The third-order valence-electron chi connectivity index (χ3n) is 3.99. The molecule has 0 aromatic heterocycles. The number of benzene rings is 1. The van der Waals surface area contributed by atoms with Crippen LogP contribution < -0.4 is 11.3 Å². The summed E-state index contributed by atoms with van der Waals surface area (Å²) in [5, 5.41) is 1.16. The molecule has 1 aliphatic rings. The quantitative estimate of drug-likeness (QED) is 0.642. The number of hydrazine groups is 1. The number of nitrogens with two attached hydrogens (primary N) is 1. The highest BCUT2D eigenvalue weighted by Gasteiger charge is 2.29. The molecule has 2 unspecified atom stereocenters. The van der Waals surface area contributed by atoms with Crippen molar-refractivity contribution in [3.63, 3.8) is 0 Å². The first-order chi connectivity index (χ1) is 10.0. The highest BCUT2D eigenvalue weighted by Crippen LogP contribution is 2.27. The second-order valence-electron chi connectivity index (χ2n) is 5.69. The van der Waals surface area contributed by atoms with Crippen LogP contribution in [0, 0.1) is 0 Å². The molecule has 0 spiro atoms. The van der Waals surface area contributed by atoms with Gasteiger partial charge in [0.15, 0.2) is 0 Å². The summed E-state index contributed by atoms with van der Waals surface area (Å²) >= 11 is 12.3. The zero-order chi connectivity index (χ0) is 15.4. The highest BCUT2D eigenvalue weighted by atomic mass is 35.5. The molecule has 1 aliphatic heterocycles. The molecular weight excluding hydrogens is 309 g/mol. The van der Waals surface area contributed by atoms with Gasteiger partial charge in [0.05, 0.1) is 28.8 Å². The predicted molar refractivity (Wildman–Crippen MR) is 87.7 cm³/mol. The SMILES string of the molecule is CC(C)N1CCOC(C(Cc2cccc(Cl)c2Cl)NN)C1. The van der Waals surface area contributed by atoms with Gasteiger partial charge in [-0.1, -0.05) is 35.3 Å². The van der Waals surface area contributed by atoms with Gasteiger partial charge in [0.25, 0.3) is 0 Å². The van der Waals surface area contributed by atoms with E-state index in [0.29, 0.717) is 22.5 Å². The number of hydrogen-bond donors (Lipinski definition) is 2. The van der Waals surface area contributed by atoms with Crippen LogP contribution in [0.3, 0.4) is 0 Å². The van der Waals surface area contributed by atoms with Gasteiger partial charge in [-0.15, -0.1) is 0 Å². The molecule has 2 rings (SSSR count). The van der Waals surface area contributed by atoms with Crippen LogP contribution in [0.25, 0.3) is 0 Å². The number of nitrogens with one attached hydrogen (secondary N) is 1. The molecule has 1 aromatic rings. The molecular formula is C15H23Cl2N3O. The van der Waals surface area contributed by atoms with Crippen LogP contribution in [0.1, 0.15) is 19.4 Å². The summed E-state index contributed by atoms with van der Waals surface area (Å²) in [4.78, 5) is 2.40. The number of hydrogen-bond acceptors (Lipinski definition) is 4. The first kappa shape index (κ1) is 17.0. The molecule has 0 bridgehead atoms. The third-order valence-corrected chi connectivity index (χ3v) is 4.85. The Kier molecular flexibility index (Phi) is 6.29. The summed E-state index contributed by atoms with van der Waals surface area (Å²) in [5.74, 6) is 5.74. The largest absolute Gasteiger partial charge is 0.374 e. The first-order valence-electron chi connectivity index (χ1n) is 7.27. The van der Waals surface area contributed by atoms with Crippen molar-refractivity contribution in [2.75, 3.05) is 19.7 Å². The van der Waals surface area contributed by atoms with Crippen LogP contribution in [0.15, 0.2) is 18.2 Å². The minimum absolute atomic E-state index is 0.00233. The fourth-order valence-corrected chi connectivity index (χ4v) is 3.05. The molecule has 0 aliphatic carbocycles. The lowest BCUT2D eigenvalue weighted by molar-refractivity contribution is -0.0552. The highest BCUT2D eigenvalue weighted by molar-refractivity contribution is 6.42. The van der Waals surface area contributed by atoms with E-state index >= 15 is 0 Å². The number of ether oxygens (including phenoxy) is 1. The van der Waals surface area contributed by atoms with Crippen LogP contribution in [-0.2, 0) is 11.2 Å². The summed E-state index contributed by atoms with van der Waals surface area (Å²) < 4.78 is 5.89. The Morgan fingerprint density at radius 3 is 2.86 bits per heavy atom. The summed E-state index contributed by atoms with van der Waals surface area (Å²) in [6, 6.07) is 6.17. The smallest absolute Gasteiger partial charge is 0.0872 e. The molecule has 0 saturated carbocycles. The Hall–Kier alpha value is -0.360. The molecule has 4 nitrogen and oxygen atoms in total. The van der Waals surface area contributed by atoms with E-state index in [4.69, 9.17) is 33.8 Å². The molecule has 1 aromatic carbocycles. The summed E-state index contributed by atoms with van der Waals surface area (Å²) in [6.45, 7) is 6.95. The van der Waals surface area contributed by atoms with E-state index in [1.165, 1.54) is 0 Å². The number of nitrogens with zero attached hydrogens (tertiary/aromatic N) is 1. The second-order valence-corrected chi connectivity index (χ2v) is 6.47. The molecule has 2 atom stereocenters. The molecule has 21 heavy (non-hydrogen) atoms. The van der Waals surface area contributed by atoms with Crippen molar-refractivity contribution in [2.45, 2.75) is 38.5 Å². The number of rotatable bonds is 5. The molecule has 0 amide bonds. The molecule has 6 heteroatoms. The Morgan fingerprint density at radius 2 is 2.19 bits per heavy atom. The second kappa shape index (κ2) is 7.77. The maximum absolute atomic E-state index is 6.26. The predicted octanol–water partition coefficient (Wildman–Crippen LogP) is 2.48. The van der Waals surface area contributed by atoms with E-state index in [9.17, 15) is 0 Å². The van der Waals surface area contributed by atoms with Crippen LogP contribution in [0.4, 0.5) is 0 Å². The van der Waals surface area contributed by atoms with Crippen molar-refractivity contribution in [3.8, 4) is 0 Å². The van der Waals surface area contributed by atoms with Crippen molar-refractivity contribution >= 4 is 23.2 Å². The van der Waals surface area contributed by atoms with E-state index in [0.717, 1.165) is 25.3 Å². The molecule has 1 fully saturated rings. The van der Waals surface area contributed by atoms with Gasteiger partial charge in [-0.3, -0.25) is 16.2 Å². The van der Waals surface area contributed by atoms with Crippen molar-refractivity contribution in [3.05, 3.63) is 33.8 Å². The van der Waals surface area contributed by atoms with E-state index in [1.54, 1.807) is 6.07 Å². The Bertz CT molecular complexity index is 470. The van der Waals surface area contributed by atoms with Crippen molar-refractivity contribution in [2.24, 2.45) is 5.84 Å². The minimum Gasteiger partial charge on any atom is -0.374 e. The molecule has 118 valence electrons. The Labute approximate surface area is 136 Å². The van der Waals surface area contributed by atoms with Gasteiger partial charge in [-0.05, 0) is 31.9 Å². The van der Waals surface area contributed by atoms with E-state index in [2.05, 4.69) is 24.2 Å². The fourth-order valence-electron chi connectivity index (χ4n) is 2.65. The van der Waals surface area contributed by atoms with Crippen LogP contribution in [-0.4, -0.2) is 42.8 Å². The van der Waals surface area contributed by atoms with Gasteiger partial charge >= 0.3 is 0 Å². The summed E-state index contributed by atoms with van der Waals surface area (Å²) in [6.07, 6.45) is 0.730. The van der Waals surface area contributed by atoms with Crippen molar-refractivity contribution < 1.29 is 4.74 Å². The molecule has 3 N–H and O–H groups in total. The molecule has 1 heterocycles. The van der Waals surface area contributed by atoms with Crippen molar-refractivity contribution in [1.29, 1.82) is 0 Å². The van der Waals surface area contributed by atoms with E-state index < -0.39 is 0 Å². The van der Waals surface area contributed by atoms with Gasteiger partial charge in [-0.25, -0.2) is 0 Å². The lowest BCUT2D eigenvalue weighted by Gasteiger charge is -2.38. The van der Waals surface area contributed by atoms with Crippen molar-refractivity contribution in [1.82, 2.24) is 10.3 Å². The lowest BCUT2D eigenvalue weighted by atomic mass is 10.00. The number of halogens is 2. The molecule has 1 saturated heterocycles. The standard InChI is InChI=1S/C15H23Cl2N3O/c1-10(2)20-6-7-21-14(9-20)13(19-18)8-11-4-3-5-12(16)15(11)17/h3-5,10,13-14,19H,6-9,18H2,1-2H3. The number of morpholine rings is 1. The van der Waals surface area contributed by atoms with E-state index in [-0.39, 0.29) is 12.1 Å². The first-order valence-corrected chi connectivity index (χ1v) is 8.03. The van der Waals surface area contributed by atoms with Gasteiger partial charge < -0.3 is 4.74 Å². The minimum atomic E-state index is 0.00233. The maximum atomic E-state index is 6.26. The van der Waals surface area contributed by atoms with E-state index in [1.807, 2.05) is 12.1 Å². The van der Waals surface area contributed by atoms with Gasteiger partial charge in [0, 0.05) is 19.1 Å². The monoisotopic (exact) mass is 331 g/mol. The van der Waals surface area contributed by atoms with Gasteiger partial charge in [0.1, 0.15) is 0 Å². The maximum Gasteiger partial charge on any atom is 0.0872 e. The van der Waals surface area contributed by atoms with Gasteiger partial charge in [0.2, 0.25) is 0 Å². The van der Waals surface area contributed by atoms with Crippen LogP contribution >= 0.6 is 23.2 Å². The topological polar surface area (TPSA) is 50.5 Å². The fraction of sp³-hybridized carbons (Fsp3) is 0.600. The zero-order valence-corrected chi connectivity index (χ0v) is 14.0. The normalized spacial score (nSPS) is 21.7. The average molecular weight is 332 g/mol. The zero-order valence-electron chi connectivity index (χ0n) is 12.5. The summed E-state index contributed by atoms with van der Waals surface area (Å²) in [5.41, 5.74) is 3.86. The Balaban J connectivity index is 2.07.